The van der Waals surface area contributed by atoms with Gasteiger partial charge in [0, 0.05) is 6.04 Å². The van der Waals surface area contributed by atoms with Gasteiger partial charge in [-0.1, -0.05) is 37.0 Å². The van der Waals surface area contributed by atoms with Crippen molar-refractivity contribution in [1.29, 1.82) is 0 Å². The van der Waals surface area contributed by atoms with Gasteiger partial charge in [0.15, 0.2) is 9.84 Å². The summed E-state index contributed by atoms with van der Waals surface area (Å²) in [6.07, 6.45) is 0.570. The molecule has 0 aliphatic carbocycles. The number of hydrogen-bond acceptors (Lipinski definition) is 3. The third kappa shape index (κ3) is 4.76. The molecule has 0 unspecified atom stereocenters. The van der Waals surface area contributed by atoms with E-state index < -0.39 is 9.84 Å². The highest BCUT2D eigenvalue weighted by molar-refractivity contribution is 7.91. The van der Waals surface area contributed by atoms with Crippen molar-refractivity contribution in [2.45, 2.75) is 31.2 Å². The Hall–Kier alpha value is -0.290. The number of hydrogen-bond donors (Lipinski definition) is 1. The maximum atomic E-state index is 12.0. The fraction of sp³-hybridized carbons (Fsp3) is 0.500. The number of sulfone groups is 1. The topological polar surface area (TPSA) is 46.2 Å². The maximum Gasteiger partial charge on any atom is 0.178 e. The van der Waals surface area contributed by atoms with Crippen LogP contribution in [0.25, 0.3) is 0 Å². The van der Waals surface area contributed by atoms with Gasteiger partial charge >= 0.3 is 0 Å². The third-order valence-corrected chi connectivity index (χ3v) is 4.93. The molecule has 1 aromatic carbocycles. The molecule has 6 heteroatoms. The molecule has 0 aliphatic heterocycles. The van der Waals surface area contributed by atoms with Crippen LogP contribution in [0.15, 0.2) is 23.1 Å². The Balaban J connectivity index is 2.66. The lowest BCUT2D eigenvalue weighted by molar-refractivity contribution is 0.568. The molecule has 0 fully saturated rings. The SMILES string of the molecule is CC(C)NCCCS(=O)(=O)c1ccc(Cl)c(Cl)c1. The van der Waals surface area contributed by atoms with Gasteiger partial charge in [-0.2, -0.15) is 0 Å². The van der Waals surface area contributed by atoms with E-state index in [0.717, 1.165) is 0 Å². The molecule has 0 spiro atoms. The highest BCUT2D eigenvalue weighted by Gasteiger charge is 2.15. The van der Waals surface area contributed by atoms with Gasteiger partial charge in [-0.25, -0.2) is 8.42 Å². The molecular weight excluding hydrogens is 293 g/mol. The molecule has 0 amide bonds. The van der Waals surface area contributed by atoms with Crippen molar-refractivity contribution in [3.8, 4) is 0 Å². The lowest BCUT2D eigenvalue weighted by Gasteiger charge is -2.08. The maximum absolute atomic E-state index is 12.0. The molecule has 18 heavy (non-hydrogen) atoms. The van der Waals surface area contributed by atoms with Crippen molar-refractivity contribution in [2.24, 2.45) is 0 Å². The molecule has 1 aromatic rings. The van der Waals surface area contributed by atoms with E-state index in [2.05, 4.69) is 5.32 Å². The normalized spacial score (nSPS) is 12.1. The summed E-state index contributed by atoms with van der Waals surface area (Å²) in [5.74, 6) is 0.102. The summed E-state index contributed by atoms with van der Waals surface area (Å²) in [5.41, 5.74) is 0. The third-order valence-electron chi connectivity index (χ3n) is 2.39. The van der Waals surface area contributed by atoms with Crippen LogP contribution in [-0.2, 0) is 9.84 Å². The number of benzene rings is 1. The van der Waals surface area contributed by atoms with Gasteiger partial charge in [-0.05, 0) is 31.2 Å². The van der Waals surface area contributed by atoms with Crippen LogP contribution in [0.4, 0.5) is 0 Å². The van der Waals surface area contributed by atoms with Crippen molar-refractivity contribution in [2.75, 3.05) is 12.3 Å². The molecule has 0 aromatic heterocycles. The molecular formula is C12H17Cl2NO2S. The number of nitrogens with one attached hydrogen (secondary N) is 1. The van der Waals surface area contributed by atoms with Crippen LogP contribution in [0.1, 0.15) is 20.3 Å². The summed E-state index contributed by atoms with van der Waals surface area (Å²) >= 11 is 11.6. The van der Waals surface area contributed by atoms with Gasteiger partial charge in [-0.3, -0.25) is 0 Å². The van der Waals surface area contributed by atoms with E-state index >= 15 is 0 Å². The van der Waals surface area contributed by atoms with E-state index in [1.54, 1.807) is 0 Å². The van der Waals surface area contributed by atoms with Crippen LogP contribution in [0.2, 0.25) is 10.0 Å². The minimum Gasteiger partial charge on any atom is -0.314 e. The first kappa shape index (κ1) is 15.8. The summed E-state index contributed by atoms with van der Waals surface area (Å²) < 4.78 is 24.0. The van der Waals surface area contributed by atoms with Crippen LogP contribution < -0.4 is 5.32 Å². The Bertz CT molecular complexity index is 501. The highest BCUT2D eigenvalue weighted by atomic mass is 35.5. The second-order valence-electron chi connectivity index (χ2n) is 4.36. The van der Waals surface area contributed by atoms with Gasteiger partial charge in [-0.15, -0.1) is 0 Å². The van der Waals surface area contributed by atoms with E-state index in [1.165, 1.54) is 18.2 Å². The molecule has 0 bridgehead atoms. The Labute approximate surface area is 118 Å². The van der Waals surface area contributed by atoms with E-state index in [9.17, 15) is 8.42 Å². The van der Waals surface area contributed by atoms with E-state index in [4.69, 9.17) is 23.2 Å². The quantitative estimate of drug-likeness (QED) is 0.821. The van der Waals surface area contributed by atoms with Gasteiger partial charge in [0.05, 0.1) is 20.7 Å². The van der Waals surface area contributed by atoms with Crippen molar-refractivity contribution < 1.29 is 8.42 Å². The minimum atomic E-state index is -3.28. The predicted octanol–water partition coefficient (Wildman–Crippen LogP) is 3.16. The van der Waals surface area contributed by atoms with Crippen molar-refractivity contribution in [3.63, 3.8) is 0 Å². The first-order valence-electron chi connectivity index (χ1n) is 5.74. The molecule has 1 N–H and O–H groups in total. The zero-order valence-electron chi connectivity index (χ0n) is 10.4. The standard InChI is InChI=1S/C12H17Cl2NO2S/c1-9(2)15-6-3-7-18(16,17)10-4-5-11(13)12(14)8-10/h4-5,8-9,15H,3,6-7H2,1-2H3. The van der Waals surface area contributed by atoms with Crippen LogP contribution in [0.3, 0.4) is 0 Å². The monoisotopic (exact) mass is 309 g/mol. The number of halogens is 2. The average molecular weight is 310 g/mol. The highest BCUT2D eigenvalue weighted by Crippen LogP contribution is 2.25. The summed E-state index contributed by atoms with van der Waals surface area (Å²) in [7, 11) is -3.28. The summed E-state index contributed by atoms with van der Waals surface area (Å²) in [4.78, 5) is 0.224. The van der Waals surface area contributed by atoms with Crippen molar-refractivity contribution >= 4 is 33.0 Å². The molecule has 0 atom stereocenters. The van der Waals surface area contributed by atoms with Crippen LogP contribution >= 0.6 is 23.2 Å². The van der Waals surface area contributed by atoms with Crippen LogP contribution in [0.5, 0.6) is 0 Å². The van der Waals surface area contributed by atoms with E-state index in [0.29, 0.717) is 24.0 Å². The molecule has 3 nitrogen and oxygen atoms in total. The van der Waals surface area contributed by atoms with Crippen molar-refractivity contribution in [3.05, 3.63) is 28.2 Å². The predicted molar refractivity (Wildman–Crippen MR) is 76.3 cm³/mol. The summed E-state index contributed by atoms with van der Waals surface area (Å²) in [5, 5.41) is 3.80. The fourth-order valence-corrected chi connectivity index (χ4v) is 3.14. The zero-order valence-corrected chi connectivity index (χ0v) is 12.7. The Morgan fingerprint density at radius 3 is 2.44 bits per heavy atom. The minimum absolute atomic E-state index is 0.102. The fourth-order valence-electron chi connectivity index (χ4n) is 1.44. The molecule has 0 saturated carbocycles. The summed E-state index contributed by atoms with van der Waals surface area (Å²) in [6.45, 7) is 4.72. The molecule has 0 radical (unpaired) electrons. The van der Waals surface area contributed by atoms with Gasteiger partial charge in [0.25, 0.3) is 0 Å². The van der Waals surface area contributed by atoms with Gasteiger partial charge in [0.2, 0.25) is 0 Å². The second-order valence-corrected chi connectivity index (χ2v) is 7.28. The first-order chi connectivity index (χ1) is 8.33. The molecule has 1 rings (SSSR count). The van der Waals surface area contributed by atoms with E-state index in [1.807, 2.05) is 13.8 Å². The smallest absolute Gasteiger partial charge is 0.178 e. The summed E-state index contributed by atoms with van der Waals surface area (Å²) in [6, 6.07) is 4.75. The van der Waals surface area contributed by atoms with E-state index in [-0.39, 0.29) is 15.7 Å². The average Bonchev–Trinajstić information content (AvgIpc) is 2.28. The Morgan fingerprint density at radius 1 is 1.22 bits per heavy atom. The Morgan fingerprint density at radius 2 is 1.89 bits per heavy atom. The molecule has 0 aliphatic rings. The van der Waals surface area contributed by atoms with Gasteiger partial charge in [0.1, 0.15) is 0 Å². The Kier molecular flexibility index (Phi) is 5.92. The lowest BCUT2D eigenvalue weighted by Crippen LogP contribution is -2.25. The molecule has 0 saturated heterocycles. The largest absolute Gasteiger partial charge is 0.314 e. The van der Waals surface area contributed by atoms with Crippen LogP contribution in [-0.4, -0.2) is 26.8 Å². The van der Waals surface area contributed by atoms with Crippen molar-refractivity contribution in [1.82, 2.24) is 5.32 Å². The molecule has 0 heterocycles. The number of rotatable bonds is 6. The van der Waals surface area contributed by atoms with Crippen LogP contribution in [0, 0.1) is 0 Å². The first-order valence-corrected chi connectivity index (χ1v) is 8.15. The second kappa shape index (κ2) is 6.75. The van der Waals surface area contributed by atoms with Gasteiger partial charge < -0.3 is 5.32 Å². The lowest BCUT2D eigenvalue weighted by atomic mass is 10.4. The zero-order chi connectivity index (χ0) is 13.8. The molecule has 102 valence electrons.